The molecule has 1 aliphatic heterocycles. The van der Waals surface area contributed by atoms with Gasteiger partial charge in [0.05, 0.1) is 6.42 Å². The van der Waals surface area contributed by atoms with Gasteiger partial charge in [0.15, 0.2) is 0 Å². The molecule has 0 spiro atoms. The molecule has 0 amide bonds. The molecule has 0 saturated carbocycles. The third-order valence-corrected chi connectivity index (χ3v) is 1.08. The molecule has 0 bridgehead atoms. The van der Waals surface area contributed by atoms with Crippen molar-refractivity contribution in [1.29, 1.82) is 0 Å². The molecule has 1 heterocycles. The van der Waals surface area contributed by atoms with Crippen molar-refractivity contribution in [1.82, 2.24) is 0 Å². The van der Waals surface area contributed by atoms with Crippen LogP contribution >= 0.6 is 0 Å². The molecular weight excluding hydrogens is 180 g/mol. The van der Waals surface area contributed by atoms with E-state index < -0.39 is 18.4 Å². The van der Waals surface area contributed by atoms with E-state index >= 15 is 0 Å². The molecule has 1 N–H and O–H groups in total. The molecule has 6 heteroatoms. The molecule has 0 aromatic carbocycles. The summed E-state index contributed by atoms with van der Waals surface area (Å²) < 4.78 is 8.59. The average Bonchev–Trinajstić information content (AvgIpc) is 2.13. The van der Waals surface area contributed by atoms with Gasteiger partial charge in [-0.3, -0.25) is 4.79 Å². The van der Waals surface area contributed by atoms with Crippen LogP contribution in [0.25, 0.3) is 0 Å². The Bertz CT molecular complexity index is 168. The molecule has 1 saturated heterocycles. The maximum atomic E-state index is 10.3. The molecule has 1 atom stereocenters. The van der Waals surface area contributed by atoms with Gasteiger partial charge in [-0.15, -0.1) is 0 Å². The Kier molecular flexibility index (Phi) is 4.79. The number of carboxylic acid groups (broad SMARTS) is 1. The van der Waals surface area contributed by atoms with Crippen LogP contribution in [-0.2, 0) is 14.3 Å². The van der Waals surface area contributed by atoms with E-state index in [0.717, 1.165) is 0 Å². The van der Waals surface area contributed by atoms with Gasteiger partial charge in [-0.05, 0) is 0 Å². The summed E-state index contributed by atoms with van der Waals surface area (Å²) in [7, 11) is 0. The Morgan fingerprint density at radius 2 is 2.36 bits per heavy atom. The van der Waals surface area contributed by atoms with Crippen LogP contribution in [0.3, 0.4) is 0 Å². The van der Waals surface area contributed by atoms with Crippen LogP contribution in [0.5, 0.6) is 0 Å². The van der Waals surface area contributed by atoms with E-state index in [4.69, 9.17) is 5.11 Å². The van der Waals surface area contributed by atoms with E-state index in [1.54, 1.807) is 0 Å². The first-order valence-corrected chi connectivity index (χ1v) is 2.77. The third-order valence-electron chi connectivity index (χ3n) is 1.08. The van der Waals surface area contributed by atoms with E-state index in [1.165, 1.54) is 0 Å². The van der Waals surface area contributed by atoms with Crippen molar-refractivity contribution < 1.29 is 24.2 Å². The summed E-state index contributed by atoms with van der Waals surface area (Å²) in [5, 5.41) is 8.05. The van der Waals surface area contributed by atoms with Crippen molar-refractivity contribution in [2.75, 3.05) is 0 Å². The Hall–Kier alpha value is -0.000260. The predicted octanol–water partition coefficient (Wildman–Crippen LogP) is -0.572. The molecule has 0 aromatic heterocycles. The Morgan fingerprint density at radius 3 is 2.73 bits per heavy atom. The van der Waals surface area contributed by atoms with E-state index in [0.29, 0.717) is 6.42 Å². The van der Waals surface area contributed by atoms with Gasteiger partial charge in [0.25, 0.3) is 6.29 Å². The first kappa shape index (κ1) is 11.0. The fourth-order valence-corrected chi connectivity index (χ4v) is 0.696. The normalized spacial score (nSPS) is 21.8. The van der Waals surface area contributed by atoms with Crippen LogP contribution in [0.4, 0.5) is 4.79 Å². The van der Waals surface area contributed by atoms with Crippen LogP contribution in [-0.4, -0.2) is 61.3 Å². The van der Waals surface area contributed by atoms with Gasteiger partial charge in [0.2, 0.25) is 0 Å². The Morgan fingerprint density at radius 1 is 1.73 bits per heavy atom. The molecule has 60 valence electrons. The molecule has 5 nitrogen and oxygen atoms in total. The van der Waals surface area contributed by atoms with E-state index in [9.17, 15) is 9.59 Å². The second-order valence-electron chi connectivity index (χ2n) is 1.84. The van der Waals surface area contributed by atoms with Crippen molar-refractivity contribution in [3.8, 4) is 0 Å². The number of hydrogen-bond donors (Lipinski definition) is 1. The topological polar surface area (TPSA) is 72.8 Å². The molecule has 0 aliphatic carbocycles. The second kappa shape index (κ2) is 4.79. The summed E-state index contributed by atoms with van der Waals surface area (Å²) in [5.41, 5.74) is 0. The standard InChI is InChI=1S/C5H6O5.Ca.2H/c6-3-1-2-4(9-3)10-5(7)8;;;/h4H,1-2H2,(H,7,8);;;. The van der Waals surface area contributed by atoms with Crippen molar-refractivity contribution in [3.05, 3.63) is 0 Å². The zero-order valence-corrected chi connectivity index (χ0v) is 5.07. The number of esters is 1. The molecule has 0 aromatic rings. The number of rotatable bonds is 1. The summed E-state index contributed by atoms with van der Waals surface area (Å²) in [6, 6.07) is 0. The molecule has 1 unspecified atom stereocenters. The molecule has 1 fully saturated rings. The summed E-state index contributed by atoms with van der Waals surface area (Å²) >= 11 is 0. The summed E-state index contributed by atoms with van der Waals surface area (Å²) in [5.74, 6) is -0.411. The van der Waals surface area contributed by atoms with Gasteiger partial charge < -0.3 is 14.6 Å². The van der Waals surface area contributed by atoms with Crippen LogP contribution < -0.4 is 0 Å². The maximum absolute atomic E-state index is 10.3. The molecule has 11 heavy (non-hydrogen) atoms. The predicted molar refractivity (Wildman–Crippen MR) is 36.8 cm³/mol. The van der Waals surface area contributed by atoms with Crippen molar-refractivity contribution in [3.63, 3.8) is 0 Å². The Balaban J connectivity index is 0.000001000. The molecular formula is C5H8CaO5. The summed E-state index contributed by atoms with van der Waals surface area (Å²) in [6.45, 7) is 0. The van der Waals surface area contributed by atoms with Crippen LogP contribution in [0.1, 0.15) is 12.8 Å². The number of hydrogen-bond acceptors (Lipinski definition) is 4. The van der Waals surface area contributed by atoms with Crippen molar-refractivity contribution in [2.45, 2.75) is 19.1 Å². The van der Waals surface area contributed by atoms with Crippen LogP contribution in [0, 0.1) is 0 Å². The zero-order valence-electron chi connectivity index (χ0n) is 5.07. The first-order valence-electron chi connectivity index (χ1n) is 2.77. The van der Waals surface area contributed by atoms with Gasteiger partial charge in [-0.25, -0.2) is 4.79 Å². The Labute approximate surface area is 92.7 Å². The number of carbonyl (C=O) groups is 2. The number of carbonyl (C=O) groups excluding carboxylic acids is 1. The fourth-order valence-electron chi connectivity index (χ4n) is 0.696. The summed E-state index contributed by atoms with van der Waals surface area (Å²) in [4.78, 5) is 20.2. The number of ether oxygens (including phenoxy) is 2. The van der Waals surface area contributed by atoms with Crippen LogP contribution in [0.2, 0.25) is 0 Å². The minimum absolute atomic E-state index is 0. The van der Waals surface area contributed by atoms with Gasteiger partial charge in [-0.1, -0.05) is 0 Å². The van der Waals surface area contributed by atoms with Gasteiger partial charge >= 0.3 is 49.9 Å². The quantitative estimate of drug-likeness (QED) is 0.440. The number of cyclic esters (lactones) is 1. The molecule has 0 radical (unpaired) electrons. The fraction of sp³-hybridized carbons (Fsp3) is 0.600. The van der Waals surface area contributed by atoms with Gasteiger partial charge in [0, 0.05) is 6.42 Å². The van der Waals surface area contributed by atoms with Gasteiger partial charge in [-0.2, -0.15) is 0 Å². The molecule has 1 aliphatic rings. The van der Waals surface area contributed by atoms with E-state index in [2.05, 4.69) is 9.47 Å². The minimum atomic E-state index is -1.42. The van der Waals surface area contributed by atoms with E-state index in [-0.39, 0.29) is 44.2 Å². The third kappa shape index (κ3) is 3.79. The molecule has 1 rings (SSSR count). The average molecular weight is 188 g/mol. The SMILES string of the molecule is O=C(O)OC1CCC(=O)O1.[CaH2]. The second-order valence-corrected chi connectivity index (χ2v) is 1.84. The van der Waals surface area contributed by atoms with Gasteiger partial charge in [0.1, 0.15) is 0 Å². The summed E-state index contributed by atoms with van der Waals surface area (Å²) in [6.07, 6.45) is -1.74. The van der Waals surface area contributed by atoms with Crippen molar-refractivity contribution in [2.24, 2.45) is 0 Å². The monoisotopic (exact) mass is 188 g/mol. The zero-order chi connectivity index (χ0) is 7.56. The first-order chi connectivity index (χ1) is 4.68. The van der Waals surface area contributed by atoms with Crippen LogP contribution in [0.15, 0.2) is 0 Å². The van der Waals surface area contributed by atoms with Crippen molar-refractivity contribution >= 4 is 49.9 Å². The van der Waals surface area contributed by atoms with E-state index in [1.807, 2.05) is 0 Å².